The Labute approximate surface area is 121 Å². The topological polar surface area (TPSA) is 71.2 Å². The van der Waals surface area contributed by atoms with Crippen LogP contribution in [0.2, 0.25) is 0 Å². The Balaban J connectivity index is 1.80. The summed E-state index contributed by atoms with van der Waals surface area (Å²) in [5.41, 5.74) is 7.71. The van der Waals surface area contributed by atoms with Crippen molar-refractivity contribution in [1.82, 2.24) is 10.3 Å². The average molecular weight is 288 g/mol. The molecule has 1 aromatic carbocycles. The molecule has 0 spiro atoms. The van der Waals surface area contributed by atoms with Crippen LogP contribution in [0, 0.1) is 0 Å². The molecule has 0 atom stereocenters. The van der Waals surface area contributed by atoms with Gasteiger partial charge in [-0.3, -0.25) is 4.79 Å². The second-order valence-electron chi connectivity index (χ2n) is 4.69. The third kappa shape index (κ3) is 2.66. The fourth-order valence-electron chi connectivity index (χ4n) is 2.20. The number of hydrogen-bond acceptors (Lipinski definition) is 5. The van der Waals surface area contributed by atoms with E-state index >= 15 is 0 Å². The van der Waals surface area contributed by atoms with Gasteiger partial charge in [0.25, 0.3) is 0 Å². The fourth-order valence-corrected chi connectivity index (χ4v) is 3.09. The largest absolute Gasteiger partial charge is 0.366 e. The summed E-state index contributed by atoms with van der Waals surface area (Å²) >= 11 is 1.66. The zero-order valence-corrected chi connectivity index (χ0v) is 11.8. The van der Waals surface area contributed by atoms with E-state index in [0.717, 1.165) is 42.6 Å². The SMILES string of the molecule is NC(=O)c1ccc(-c2csc(N3CCNCC3)n2)cc1. The molecule has 2 aromatic rings. The van der Waals surface area contributed by atoms with Crippen molar-refractivity contribution in [1.29, 1.82) is 0 Å². The molecule has 0 saturated carbocycles. The lowest BCUT2D eigenvalue weighted by Crippen LogP contribution is -2.43. The third-order valence-electron chi connectivity index (χ3n) is 3.34. The Morgan fingerprint density at radius 2 is 1.95 bits per heavy atom. The summed E-state index contributed by atoms with van der Waals surface area (Å²) in [5, 5.41) is 6.44. The highest BCUT2D eigenvalue weighted by Gasteiger charge is 2.14. The van der Waals surface area contributed by atoms with Crippen LogP contribution in [0.1, 0.15) is 10.4 Å². The van der Waals surface area contributed by atoms with E-state index < -0.39 is 5.91 Å². The first-order valence-corrected chi connectivity index (χ1v) is 7.43. The molecule has 20 heavy (non-hydrogen) atoms. The van der Waals surface area contributed by atoms with E-state index in [0.29, 0.717) is 5.56 Å². The number of nitrogens with one attached hydrogen (secondary N) is 1. The van der Waals surface area contributed by atoms with Gasteiger partial charge in [0.05, 0.1) is 5.69 Å². The normalized spacial score (nSPS) is 15.3. The molecule has 104 valence electrons. The summed E-state index contributed by atoms with van der Waals surface area (Å²) < 4.78 is 0. The second kappa shape index (κ2) is 5.60. The van der Waals surface area contributed by atoms with E-state index in [1.807, 2.05) is 12.1 Å². The predicted molar refractivity (Wildman–Crippen MR) is 81.2 cm³/mol. The Morgan fingerprint density at radius 1 is 1.25 bits per heavy atom. The summed E-state index contributed by atoms with van der Waals surface area (Å²) in [6.45, 7) is 3.99. The number of amides is 1. The maximum absolute atomic E-state index is 11.1. The number of nitrogens with two attached hydrogens (primary N) is 1. The molecule has 1 aromatic heterocycles. The zero-order chi connectivity index (χ0) is 13.9. The Hall–Kier alpha value is -1.92. The lowest BCUT2D eigenvalue weighted by atomic mass is 10.1. The van der Waals surface area contributed by atoms with Crippen LogP contribution in [0.25, 0.3) is 11.3 Å². The van der Waals surface area contributed by atoms with Gasteiger partial charge in [0.1, 0.15) is 0 Å². The number of anilines is 1. The highest BCUT2D eigenvalue weighted by Crippen LogP contribution is 2.27. The van der Waals surface area contributed by atoms with Crippen molar-refractivity contribution >= 4 is 22.4 Å². The molecule has 0 bridgehead atoms. The second-order valence-corrected chi connectivity index (χ2v) is 5.53. The number of piperazine rings is 1. The van der Waals surface area contributed by atoms with E-state index in [1.54, 1.807) is 23.5 Å². The number of nitrogens with zero attached hydrogens (tertiary/aromatic N) is 2. The Kier molecular flexibility index (Phi) is 3.66. The van der Waals surface area contributed by atoms with Crippen LogP contribution in [0.4, 0.5) is 5.13 Å². The number of carbonyl (C=O) groups excluding carboxylic acids is 1. The molecule has 2 heterocycles. The maximum Gasteiger partial charge on any atom is 0.248 e. The van der Waals surface area contributed by atoms with Crippen LogP contribution in [-0.4, -0.2) is 37.1 Å². The van der Waals surface area contributed by atoms with Gasteiger partial charge >= 0.3 is 0 Å². The summed E-state index contributed by atoms with van der Waals surface area (Å²) in [4.78, 5) is 18.0. The number of thiazole rings is 1. The number of aromatic nitrogens is 1. The predicted octanol–water partition coefficient (Wildman–Crippen LogP) is 1.32. The molecule has 1 aliphatic heterocycles. The van der Waals surface area contributed by atoms with Crippen LogP contribution in [0.5, 0.6) is 0 Å². The van der Waals surface area contributed by atoms with Crippen molar-refractivity contribution in [2.24, 2.45) is 5.73 Å². The molecule has 0 aliphatic carbocycles. The van der Waals surface area contributed by atoms with E-state index in [-0.39, 0.29) is 0 Å². The minimum Gasteiger partial charge on any atom is -0.366 e. The van der Waals surface area contributed by atoms with Crippen molar-refractivity contribution in [3.8, 4) is 11.3 Å². The Morgan fingerprint density at radius 3 is 2.60 bits per heavy atom. The number of benzene rings is 1. The van der Waals surface area contributed by atoms with E-state index in [9.17, 15) is 4.79 Å². The summed E-state index contributed by atoms with van der Waals surface area (Å²) in [5.74, 6) is -0.406. The first kappa shape index (κ1) is 13.1. The van der Waals surface area contributed by atoms with Gasteiger partial charge in [0, 0.05) is 42.7 Å². The molecule has 6 heteroatoms. The van der Waals surface area contributed by atoms with Gasteiger partial charge in [0.2, 0.25) is 5.91 Å². The number of carbonyl (C=O) groups is 1. The molecule has 0 radical (unpaired) electrons. The van der Waals surface area contributed by atoms with Crippen molar-refractivity contribution in [3.63, 3.8) is 0 Å². The molecule has 1 aliphatic rings. The van der Waals surface area contributed by atoms with Gasteiger partial charge in [-0.2, -0.15) is 0 Å². The molecule has 1 fully saturated rings. The van der Waals surface area contributed by atoms with Crippen LogP contribution in [0.15, 0.2) is 29.6 Å². The molecular formula is C14H16N4OS. The van der Waals surface area contributed by atoms with Gasteiger partial charge in [-0.05, 0) is 12.1 Å². The maximum atomic E-state index is 11.1. The summed E-state index contributed by atoms with van der Waals surface area (Å²) in [7, 11) is 0. The van der Waals surface area contributed by atoms with Crippen LogP contribution < -0.4 is 16.0 Å². The van der Waals surface area contributed by atoms with Gasteiger partial charge in [-0.15, -0.1) is 11.3 Å². The first-order valence-electron chi connectivity index (χ1n) is 6.55. The third-order valence-corrected chi connectivity index (χ3v) is 4.25. The fraction of sp³-hybridized carbons (Fsp3) is 0.286. The van der Waals surface area contributed by atoms with Gasteiger partial charge in [0.15, 0.2) is 5.13 Å². The van der Waals surface area contributed by atoms with Crippen LogP contribution >= 0.6 is 11.3 Å². The van der Waals surface area contributed by atoms with Gasteiger partial charge in [-0.1, -0.05) is 12.1 Å². The van der Waals surface area contributed by atoms with Gasteiger partial charge < -0.3 is 16.0 Å². The zero-order valence-electron chi connectivity index (χ0n) is 11.0. The van der Waals surface area contributed by atoms with E-state index in [2.05, 4.69) is 20.6 Å². The van der Waals surface area contributed by atoms with Crippen molar-refractivity contribution in [3.05, 3.63) is 35.2 Å². The molecule has 5 nitrogen and oxygen atoms in total. The van der Waals surface area contributed by atoms with E-state index in [4.69, 9.17) is 5.73 Å². The van der Waals surface area contributed by atoms with Crippen LogP contribution in [0.3, 0.4) is 0 Å². The number of primary amides is 1. The Bertz CT molecular complexity index is 602. The molecule has 0 unspecified atom stereocenters. The lowest BCUT2D eigenvalue weighted by molar-refractivity contribution is 0.100. The molecule has 1 amide bonds. The first-order chi connectivity index (χ1) is 9.74. The molecular weight excluding hydrogens is 272 g/mol. The monoisotopic (exact) mass is 288 g/mol. The lowest BCUT2D eigenvalue weighted by Gasteiger charge is -2.26. The molecule has 1 saturated heterocycles. The average Bonchev–Trinajstić information content (AvgIpc) is 2.98. The quantitative estimate of drug-likeness (QED) is 0.893. The van der Waals surface area contributed by atoms with Gasteiger partial charge in [-0.25, -0.2) is 4.98 Å². The highest BCUT2D eigenvalue weighted by atomic mass is 32.1. The molecule has 3 rings (SSSR count). The highest BCUT2D eigenvalue weighted by molar-refractivity contribution is 7.14. The number of hydrogen-bond donors (Lipinski definition) is 2. The van der Waals surface area contributed by atoms with Crippen LogP contribution in [-0.2, 0) is 0 Å². The minimum atomic E-state index is -0.406. The standard InChI is InChI=1S/C14H16N4OS/c15-13(19)11-3-1-10(2-4-11)12-9-20-14(17-12)18-7-5-16-6-8-18/h1-4,9,16H,5-8H2,(H2,15,19). The number of rotatable bonds is 3. The van der Waals surface area contributed by atoms with Crippen molar-refractivity contribution in [2.45, 2.75) is 0 Å². The van der Waals surface area contributed by atoms with Crippen molar-refractivity contribution < 1.29 is 4.79 Å². The minimum absolute atomic E-state index is 0.406. The molecule has 3 N–H and O–H groups in total. The summed E-state index contributed by atoms with van der Waals surface area (Å²) in [6, 6.07) is 7.25. The summed E-state index contributed by atoms with van der Waals surface area (Å²) in [6.07, 6.45) is 0. The van der Waals surface area contributed by atoms with Crippen molar-refractivity contribution in [2.75, 3.05) is 31.1 Å². The van der Waals surface area contributed by atoms with E-state index in [1.165, 1.54) is 0 Å². The smallest absolute Gasteiger partial charge is 0.248 e.